The van der Waals surface area contributed by atoms with Crippen molar-refractivity contribution >= 4 is 34.8 Å². The van der Waals surface area contributed by atoms with Crippen LogP contribution >= 0.6 is 11.6 Å². The average molecular weight is 506 g/mol. The highest BCUT2D eigenvalue weighted by molar-refractivity contribution is 6.31. The van der Waals surface area contributed by atoms with E-state index in [-0.39, 0.29) is 18.8 Å². The molecule has 0 saturated heterocycles. The van der Waals surface area contributed by atoms with Crippen molar-refractivity contribution in [2.24, 2.45) is 0 Å². The molecule has 10 nitrogen and oxygen atoms in total. The zero-order valence-electron chi connectivity index (χ0n) is 19.3. The van der Waals surface area contributed by atoms with Gasteiger partial charge in [-0.3, -0.25) is 9.59 Å². The van der Waals surface area contributed by atoms with Gasteiger partial charge in [-0.1, -0.05) is 11.6 Å². The second-order valence-electron chi connectivity index (χ2n) is 7.60. The second-order valence-corrected chi connectivity index (χ2v) is 8.04. The van der Waals surface area contributed by atoms with Crippen LogP contribution in [-0.4, -0.2) is 39.5 Å². The lowest BCUT2D eigenvalue weighted by Crippen LogP contribution is -2.27. The minimum absolute atomic E-state index is 0.151. The predicted molar refractivity (Wildman–Crippen MR) is 132 cm³/mol. The van der Waals surface area contributed by atoms with Crippen LogP contribution in [0.5, 0.6) is 5.75 Å². The number of ether oxygens (including phenoxy) is 2. The Bertz CT molecular complexity index is 1580. The average Bonchev–Trinajstić information content (AvgIpc) is 3.29. The number of esters is 1. The summed E-state index contributed by atoms with van der Waals surface area (Å²) < 4.78 is 13.2. The van der Waals surface area contributed by atoms with E-state index in [1.165, 1.54) is 30.1 Å². The Hall–Kier alpha value is -4.62. The lowest BCUT2D eigenvalue weighted by Gasteiger charge is -2.14. The summed E-state index contributed by atoms with van der Waals surface area (Å²) >= 11 is 6.09. The van der Waals surface area contributed by atoms with Crippen molar-refractivity contribution in [2.45, 2.75) is 13.5 Å². The van der Waals surface area contributed by atoms with Crippen molar-refractivity contribution in [1.82, 2.24) is 14.0 Å². The summed E-state index contributed by atoms with van der Waals surface area (Å²) in [4.78, 5) is 41.6. The number of fused-ring (bicyclic) bond motifs is 1. The molecule has 0 aliphatic rings. The number of nitrogens with one attached hydrogen (secondary N) is 1. The van der Waals surface area contributed by atoms with E-state index < -0.39 is 17.4 Å². The molecule has 0 atom stereocenters. The summed E-state index contributed by atoms with van der Waals surface area (Å²) in [5, 5.41) is 12.6. The number of rotatable bonds is 7. The van der Waals surface area contributed by atoms with Gasteiger partial charge in [0.15, 0.2) is 5.69 Å². The van der Waals surface area contributed by atoms with E-state index in [0.29, 0.717) is 38.8 Å². The number of amides is 1. The van der Waals surface area contributed by atoms with Gasteiger partial charge in [-0.25, -0.2) is 9.78 Å². The van der Waals surface area contributed by atoms with E-state index in [0.717, 1.165) is 0 Å². The standard InChI is InChI=1S/C25H20ClN5O5/c1-3-36-25(34)20-12-30-11-17(6-7-22(30)29-20)28-23(32)14-31-13-21(35-2)19(9-24(31)33)18-8-16(26)5-4-15(18)10-27/h4-9,11-13H,3,14H2,1-2H3,(H,28,32). The van der Waals surface area contributed by atoms with E-state index in [1.807, 2.05) is 0 Å². The summed E-state index contributed by atoms with van der Waals surface area (Å²) in [5.74, 6) is -0.701. The number of carbonyl (C=O) groups is 2. The Balaban J connectivity index is 1.56. The fourth-order valence-corrected chi connectivity index (χ4v) is 3.78. The molecule has 4 rings (SSSR count). The molecule has 3 aromatic heterocycles. The summed E-state index contributed by atoms with van der Waals surface area (Å²) in [6, 6.07) is 11.4. The summed E-state index contributed by atoms with van der Waals surface area (Å²) in [7, 11) is 1.43. The zero-order chi connectivity index (χ0) is 25.8. The van der Waals surface area contributed by atoms with E-state index in [4.69, 9.17) is 21.1 Å². The van der Waals surface area contributed by atoms with Crippen LogP contribution in [-0.2, 0) is 16.1 Å². The topological polar surface area (TPSA) is 128 Å². The van der Waals surface area contributed by atoms with Crippen LogP contribution in [0.2, 0.25) is 5.02 Å². The van der Waals surface area contributed by atoms with Crippen molar-refractivity contribution in [3.05, 3.63) is 81.6 Å². The van der Waals surface area contributed by atoms with Crippen molar-refractivity contribution in [2.75, 3.05) is 19.0 Å². The molecule has 4 aromatic rings. The van der Waals surface area contributed by atoms with Gasteiger partial charge < -0.3 is 23.8 Å². The van der Waals surface area contributed by atoms with Crippen LogP contribution in [0.1, 0.15) is 23.0 Å². The van der Waals surface area contributed by atoms with Crippen LogP contribution in [0.3, 0.4) is 0 Å². The van der Waals surface area contributed by atoms with Gasteiger partial charge in [0.25, 0.3) is 5.56 Å². The zero-order valence-corrected chi connectivity index (χ0v) is 20.1. The van der Waals surface area contributed by atoms with Gasteiger partial charge in [-0.05, 0) is 37.3 Å². The molecule has 0 aliphatic carbocycles. The molecule has 0 saturated carbocycles. The van der Waals surface area contributed by atoms with Gasteiger partial charge >= 0.3 is 5.97 Å². The SMILES string of the molecule is CCOC(=O)c1cn2cc(NC(=O)Cn3cc(OC)c(-c4cc(Cl)ccc4C#N)cc3=O)ccc2n1. The number of aromatic nitrogens is 3. The third-order valence-electron chi connectivity index (χ3n) is 5.23. The number of imidazole rings is 1. The van der Waals surface area contributed by atoms with E-state index in [2.05, 4.69) is 16.4 Å². The molecule has 1 amide bonds. The molecule has 0 spiro atoms. The number of methoxy groups -OCH3 is 1. The number of carbonyl (C=O) groups excluding carboxylic acids is 2. The Morgan fingerprint density at radius 2 is 1.94 bits per heavy atom. The Labute approximate surface area is 210 Å². The fourth-order valence-electron chi connectivity index (χ4n) is 3.61. The van der Waals surface area contributed by atoms with Crippen LogP contribution in [0.25, 0.3) is 16.8 Å². The van der Waals surface area contributed by atoms with Crippen LogP contribution < -0.4 is 15.6 Å². The first kappa shape index (κ1) is 24.5. The smallest absolute Gasteiger partial charge is 0.358 e. The number of pyridine rings is 2. The van der Waals surface area contributed by atoms with Gasteiger partial charge in [0, 0.05) is 34.6 Å². The summed E-state index contributed by atoms with van der Waals surface area (Å²) in [6.45, 7) is 1.65. The maximum atomic E-state index is 12.8. The number of nitrogens with zero attached hydrogens (tertiary/aromatic N) is 4. The van der Waals surface area contributed by atoms with Gasteiger partial charge in [0.05, 0.1) is 37.2 Å². The van der Waals surface area contributed by atoms with Crippen LogP contribution in [0.15, 0.2) is 59.8 Å². The molecule has 0 unspecified atom stereocenters. The number of halogens is 1. The van der Waals surface area contributed by atoms with Gasteiger partial charge in [0.2, 0.25) is 5.91 Å². The maximum absolute atomic E-state index is 12.8. The summed E-state index contributed by atoms with van der Waals surface area (Å²) in [6.07, 6.45) is 4.50. The second kappa shape index (κ2) is 10.3. The normalized spacial score (nSPS) is 10.6. The van der Waals surface area contributed by atoms with Gasteiger partial charge in [-0.15, -0.1) is 0 Å². The first-order valence-corrected chi connectivity index (χ1v) is 11.1. The molecular weight excluding hydrogens is 486 g/mol. The molecule has 36 heavy (non-hydrogen) atoms. The monoisotopic (exact) mass is 505 g/mol. The first-order valence-electron chi connectivity index (χ1n) is 10.8. The number of nitriles is 1. The molecule has 0 radical (unpaired) electrons. The maximum Gasteiger partial charge on any atom is 0.358 e. The van der Waals surface area contributed by atoms with Gasteiger partial charge in [0.1, 0.15) is 17.9 Å². The van der Waals surface area contributed by atoms with Crippen molar-refractivity contribution < 1.29 is 19.1 Å². The number of hydrogen-bond acceptors (Lipinski definition) is 7. The predicted octanol–water partition coefficient (Wildman–Crippen LogP) is 3.51. The Morgan fingerprint density at radius 1 is 1.14 bits per heavy atom. The quantitative estimate of drug-likeness (QED) is 0.380. The Morgan fingerprint density at radius 3 is 2.67 bits per heavy atom. The molecule has 182 valence electrons. The first-order chi connectivity index (χ1) is 17.3. The molecular formula is C25H20ClN5O5. The molecule has 3 heterocycles. The molecule has 11 heteroatoms. The minimum Gasteiger partial charge on any atom is -0.495 e. The third-order valence-corrected chi connectivity index (χ3v) is 5.47. The van der Waals surface area contributed by atoms with Crippen LogP contribution in [0.4, 0.5) is 5.69 Å². The van der Waals surface area contributed by atoms with Crippen molar-refractivity contribution in [3.8, 4) is 22.9 Å². The number of hydrogen-bond donors (Lipinski definition) is 1. The molecule has 1 aromatic carbocycles. The number of benzene rings is 1. The van der Waals surface area contributed by atoms with Crippen molar-refractivity contribution in [3.63, 3.8) is 0 Å². The van der Waals surface area contributed by atoms with Crippen LogP contribution in [0, 0.1) is 11.3 Å². The lowest BCUT2D eigenvalue weighted by atomic mass is 10.0. The largest absolute Gasteiger partial charge is 0.495 e. The van der Waals surface area contributed by atoms with E-state index in [1.54, 1.807) is 47.9 Å². The number of anilines is 1. The highest BCUT2D eigenvalue weighted by Crippen LogP contribution is 2.32. The summed E-state index contributed by atoms with van der Waals surface area (Å²) in [5.41, 5.74) is 1.80. The van der Waals surface area contributed by atoms with Crippen molar-refractivity contribution in [1.29, 1.82) is 5.26 Å². The fraction of sp³-hybridized carbons (Fsp3) is 0.160. The van der Waals surface area contributed by atoms with E-state index in [9.17, 15) is 19.6 Å². The Kier molecular flexibility index (Phi) is 7.03. The highest BCUT2D eigenvalue weighted by Gasteiger charge is 2.16. The molecule has 1 N–H and O–H groups in total. The highest BCUT2D eigenvalue weighted by atomic mass is 35.5. The van der Waals surface area contributed by atoms with E-state index >= 15 is 0 Å². The molecule has 0 bridgehead atoms. The van der Waals surface area contributed by atoms with Gasteiger partial charge in [-0.2, -0.15) is 5.26 Å². The third kappa shape index (κ3) is 5.06. The minimum atomic E-state index is -0.539. The molecule has 0 aliphatic heterocycles. The molecule has 0 fully saturated rings. The lowest BCUT2D eigenvalue weighted by molar-refractivity contribution is -0.116.